The minimum atomic E-state index is -1.06. The zero-order chi connectivity index (χ0) is 14.9. The maximum atomic E-state index is 12.5. The van der Waals surface area contributed by atoms with Gasteiger partial charge in [0.05, 0.1) is 13.7 Å². The Morgan fingerprint density at radius 1 is 1.40 bits per heavy atom. The Balaban J connectivity index is 2.32. The van der Waals surface area contributed by atoms with Crippen molar-refractivity contribution >= 4 is 27.9 Å². The molecule has 1 heterocycles. The van der Waals surface area contributed by atoms with E-state index in [9.17, 15) is 9.59 Å². The first-order chi connectivity index (χ1) is 9.38. The summed E-state index contributed by atoms with van der Waals surface area (Å²) in [4.78, 5) is 25.6. The molecule has 0 spiro atoms. The summed E-state index contributed by atoms with van der Waals surface area (Å²) in [6.45, 7) is 5.49. The van der Waals surface area contributed by atoms with Gasteiger partial charge in [-0.15, -0.1) is 0 Å². The van der Waals surface area contributed by atoms with E-state index in [0.717, 1.165) is 4.90 Å². The van der Waals surface area contributed by atoms with Crippen molar-refractivity contribution in [3.63, 3.8) is 0 Å². The predicted molar refractivity (Wildman–Crippen MR) is 78.7 cm³/mol. The van der Waals surface area contributed by atoms with Gasteiger partial charge in [-0.3, -0.25) is 9.69 Å². The molecule has 0 aromatic heterocycles. The molecule has 0 radical (unpaired) electrons. The van der Waals surface area contributed by atoms with Crippen LogP contribution in [-0.2, 0) is 10.3 Å². The number of rotatable bonds is 4. The summed E-state index contributed by atoms with van der Waals surface area (Å²) in [6, 6.07) is 6.62. The lowest BCUT2D eigenvalue weighted by Crippen LogP contribution is -2.40. The van der Waals surface area contributed by atoms with Crippen LogP contribution in [0.4, 0.5) is 4.79 Å². The van der Waals surface area contributed by atoms with E-state index in [0.29, 0.717) is 15.8 Å². The number of carbonyl (C=O) groups excluding carboxylic acids is 2. The van der Waals surface area contributed by atoms with Crippen LogP contribution in [0.3, 0.4) is 0 Å². The average Bonchev–Trinajstić information content (AvgIpc) is 2.63. The lowest BCUT2D eigenvalue weighted by Gasteiger charge is -2.22. The number of urea groups is 1. The van der Waals surface area contributed by atoms with E-state index in [2.05, 4.69) is 27.8 Å². The van der Waals surface area contributed by atoms with Crippen LogP contribution in [0.25, 0.3) is 0 Å². The quantitative estimate of drug-likeness (QED) is 0.857. The maximum Gasteiger partial charge on any atom is 0.325 e. The number of amides is 3. The summed E-state index contributed by atoms with van der Waals surface area (Å²) >= 11 is 3.17. The normalized spacial score (nSPS) is 21.9. The Morgan fingerprint density at radius 2 is 2.00 bits per heavy atom. The van der Waals surface area contributed by atoms with Crippen molar-refractivity contribution in [1.29, 1.82) is 0 Å². The SMILES string of the molecule is C=C(Br)CN1C(=O)N[C@@](C)(c2ccc(OC)cc2)C1=O. The van der Waals surface area contributed by atoms with Crippen LogP contribution in [0.2, 0.25) is 0 Å². The third-order valence-electron chi connectivity index (χ3n) is 3.27. The second kappa shape index (κ2) is 5.28. The fourth-order valence-corrected chi connectivity index (χ4v) is 2.38. The molecule has 106 valence electrons. The minimum absolute atomic E-state index is 0.149. The molecule has 3 amide bonds. The van der Waals surface area contributed by atoms with Crippen molar-refractivity contribution in [2.45, 2.75) is 12.5 Å². The van der Waals surface area contributed by atoms with Crippen molar-refractivity contribution in [1.82, 2.24) is 10.2 Å². The number of hydrogen-bond acceptors (Lipinski definition) is 3. The molecule has 6 heteroatoms. The van der Waals surface area contributed by atoms with Gasteiger partial charge >= 0.3 is 6.03 Å². The van der Waals surface area contributed by atoms with E-state index in [1.54, 1.807) is 38.3 Å². The highest BCUT2D eigenvalue weighted by atomic mass is 79.9. The topological polar surface area (TPSA) is 58.6 Å². The molecule has 1 aromatic rings. The van der Waals surface area contributed by atoms with Gasteiger partial charge in [0.15, 0.2) is 0 Å². The Labute approximate surface area is 125 Å². The highest BCUT2D eigenvalue weighted by Gasteiger charge is 2.48. The highest BCUT2D eigenvalue weighted by Crippen LogP contribution is 2.30. The fourth-order valence-electron chi connectivity index (χ4n) is 2.13. The molecule has 1 aliphatic heterocycles. The van der Waals surface area contributed by atoms with Crippen LogP contribution < -0.4 is 10.1 Å². The van der Waals surface area contributed by atoms with Gasteiger partial charge < -0.3 is 10.1 Å². The van der Waals surface area contributed by atoms with Gasteiger partial charge in [-0.1, -0.05) is 34.6 Å². The summed E-state index contributed by atoms with van der Waals surface area (Å²) in [6.07, 6.45) is 0. The van der Waals surface area contributed by atoms with Gasteiger partial charge in [0, 0.05) is 4.48 Å². The monoisotopic (exact) mass is 338 g/mol. The molecule has 1 aliphatic rings. The Hall–Kier alpha value is -1.82. The van der Waals surface area contributed by atoms with Crippen LogP contribution in [0.15, 0.2) is 35.3 Å². The first-order valence-corrected chi connectivity index (χ1v) is 6.79. The van der Waals surface area contributed by atoms with Crippen LogP contribution in [0, 0.1) is 0 Å². The molecule has 1 aromatic carbocycles. The van der Waals surface area contributed by atoms with Crippen LogP contribution in [-0.4, -0.2) is 30.5 Å². The predicted octanol–water partition coefficient (Wildman–Crippen LogP) is 2.37. The lowest BCUT2D eigenvalue weighted by molar-refractivity contribution is -0.130. The Kier molecular flexibility index (Phi) is 3.85. The van der Waals surface area contributed by atoms with Gasteiger partial charge in [-0.05, 0) is 24.6 Å². The molecule has 5 nitrogen and oxygen atoms in total. The number of methoxy groups -OCH3 is 1. The van der Waals surface area contributed by atoms with Gasteiger partial charge in [0.1, 0.15) is 11.3 Å². The highest BCUT2D eigenvalue weighted by molar-refractivity contribution is 9.11. The molecule has 0 saturated carbocycles. The number of halogens is 1. The van der Waals surface area contributed by atoms with Gasteiger partial charge in [-0.25, -0.2) is 4.79 Å². The number of hydrogen-bond donors (Lipinski definition) is 1. The van der Waals surface area contributed by atoms with E-state index < -0.39 is 11.6 Å². The summed E-state index contributed by atoms with van der Waals surface area (Å²) < 4.78 is 5.66. The number of imide groups is 1. The number of ether oxygens (including phenoxy) is 1. The minimum Gasteiger partial charge on any atom is -0.497 e. The number of carbonyl (C=O) groups is 2. The standard InChI is InChI=1S/C14H15BrN2O3/c1-9(15)8-17-12(18)14(2,16-13(17)19)10-4-6-11(20-3)7-5-10/h4-7H,1,8H2,2-3H3,(H,16,19)/t14-/m0/s1. The van der Waals surface area contributed by atoms with Crippen molar-refractivity contribution in [2.75, 3.05) is 13.7 Å². The molecule has 0 bridgehead atoms. The largest absolute Gasteiger partial charge is 0.497 e. The second-order valence-electron chi connectivity index (χ2n) is 4.69. The molecule has 2 rings (SSSR count). The summed E-state index contributed by atoms with van der Waals surface area (Å²) in [7, 11) is 1.57. The second-order valence-corrected chi connectivity index (χ2v) is 5.81. The molecular formula is C14H15BrN2O3. The molecule has 0 aliphatic carbocycles. The molecular weight excluding hydrogens is 324 g/mol. The summed E-state index contributed by atoms with van der Waals surface area (Å²) in [5.41, 5.74) is -0.356. The smallest absolute Gasteiger partial charge is 0.325 e. The van der Waals surface area contributed by atoms with Crippen molar-refractivity contribution in [3.8, 4) is 5.75 Å². The van der Waals surface area contributed by atoms with E-state index >= 15 is 0 Å². The van der Waals surface area contributed by atoms with Crippen LogP contribution in [0.1, 0.15) is 12.5 Å². The maximum absolute atomic E-state index is 12.5. The van der Waals surface area contributed by atoms with Crippen molar-refractivity contribution in [2.24, 2.45) is 0 Å². The number of nitrogens with zero attached hydrogens (tertiary/aromatic N) is 1. The Bertz CT molecular complexity index is 570. The van der Waals surface area contributed by atoms with E-state index in [-0.39, 0.29) is 12.5 Å². The number of nitrogens with one attached hydrogen (secondary N) is 1. The molecule has 0 unspecified atom stereocenters. The van der Waals surface area contributed by atoms with E-state index in [1.807, 2.05) is 0 Å². The molecule has 1 saturated heterocycles. The third kappa shape index (κ3) is 2.43. The third-order valence-corrected chi connectivity index (χ3v) is 3.52. The fraction of sp³-hybridized carbons (Fsp3) is 0.286. The van der Waals surface area contributed by atoms with E-state index in [1.165, 1.54) is 0 Å². The molecule has 20 heavy (non-hydrogen) atoms. The van der Waals surface area contributed by atoms with Crippen LogP contribution >= 0.6 is 15.9 Å². The zero-order valence-corrected chi connectivity index (χ0v) is 12.9. The van der Waals surface area contributed by atoms with Crippen molar-refractivity contribution < 1.29 is 14.3 Å². The Morgan fingerprint density at radius 3 is 2.50 bits per heavy atom. The molecule has 1 fully saturated rings. The first-order valence-electron chi connectivity index (χ1n) is 6.00. The molecule has 1 N–H and O–H groups in total. The average molecular weight is 339 g/mol. The zero-order valence-electron chi connectivity index (χ0n) is 11.3. The first kappa shape index (κ1) is 14.6. The van der Waals surface area contributed by atoms with Crippen LogP contribution in [0.5, 0.6) is 5.75 Å². The molecule has 1 atom stereocenters. The van der Waals surface area contributed by atoms with Gasteiger partial charge in [0.25, 0.3) is 5.91 Å². The summed E-state index contributed by atoms with van der Waals surface area (Å²) in [5, 5.41) is 2.72. The van der Waals surface area contributed by atoms with Gasteiger partial charge in [-0.2, -0.15) is 0 Å². The number of benzene rings is 1. The van der Waals surface area contributed by atoms with Crippen molar-refractivity contribution in [3.05, 3.63) is 40.9 Å². The lowest BCUT2D eigenvalue weighted by atomic mass is 9.92. The summed E-state index contributed by atoms with van der Waals surface area (Å²) in [5.74, 6) is 0.396. The van der Waals surface area contributed by atoms with Gasteiger partial charge in [0.2, 0.25) is 0 Å². The van der Waals surface area contributed by atoms with E-state index in [4.69, 9.17) is 4.74 Å².